The van der Waals surface area contributed by atoms with Crippen LogP contribution in [-0.2, 0) is 4.74 Å². The van der Waals surface area contributed by atoms with Crippen LogP contribution in [0.5, 0.6) is 0 Å². The van der Waals surface area contributed by atoms with Crippen molar-refractivity contribution in [1.29, 1.82) is 0 Å². The van der Waals surface area contributed by atoms with Crippen molar-refractivity contribution in [3.8, 4) is 0 Å². The summed E-state index contributed by atoms with van der Waals surface area (Å²) >= 11 is 3.88. The lowest BCUT2D eigenvalue weighted by molar-refractivity contribution is 0.145. The van der Waals surface area contributed by atoms with Crippen LogP contribution in [0.3, 0.4) is 0 Å². The quantitative estimate of drug-likeness (QED) is 0.633. The highest BCUT2D eigenvalue weighted by atomic mass is 32.2. The van der Waals surface area contributed by atoms with Gasteiger partial charge in [-0.2, -0.15) is 0 Å². The SMILES string of the molecule is C1CSC(N2CCOCS2)CN1. The summed E-state index contributed by atoms with van der Waals surface area (Å²) in [6.07, 6.45) is 0. The normalized spacial score (nSPS) is 33.5. The van der Waals surface area contributed by atoms with Gasteiger partial charge in [0.05, 0.1) is 12.0 Å². The first-order valence-electron chi connectivity index (χ1n) is 4.26. The van der Waals surface area contributed by atoms with Gasteiger partial charge >= 0.3 is 0 Å². The zero-order valence-electron chi connectivity index (χ0n) is 6.99. The van der Waals surface area contributed by atoms with Gasteiger partial charge in [0.1, 0.15) is 5.94 Å². The third kappa shape index (κ3) is 2.29. The average Bonchev–Trinajstić information content (AvgIpc) is 2.21. The number of nitrogens with one attached hydrogen (secondary N) is 1. The summed E-state index contributed by atoms with van der Waals surface area (Å²) < 4.78 is 7.73. The van der Waals surface area contributed by atoms with Gasteiger partial charge in [-0.25, -0.2) is 4.31 Å². The van der Waals surface area contributed by atoms with Crippen molar-refractivity contribution in [2.45, 2.75) is 5.37 Å². The number of rotatable bonds is 1. The minimum Gasteiger partial charge on any atom is -0.368 e. The zero-order valence-corrected chi connectivity index (χ0v) is 8.62. The molecule has 0 aromatic rings. The third-order valence-corrected chi connectivity index (χ3v) is 4.41. The summed E-state index contributed by atoms with van der Waals surface area (Å²) in [7, 11) is 0. The molecule has 0 spiro atoms. The first-order chi connectivity index (χ1) is 5.97. The molecule has 0 radical (unpaired) electrons. The maximum atomic E-state index is 5.28. The van der Waals surface area contributed by atoms with Crippen molar-refractivity contribution in [1.82, 2.24) is 9.62 Å². The molecule has 1 atom stereocenters. The lowest BCUT2D eigenvalue weighted by Gasteiger charge is -2.35. The molecule has 0 aliphatic carbocycles. The Morgan fingerprint density at radius 1 is 1.50 bits per heavy atom. The zero-order chi connectivity index (χ0) is 8.23. The fraction of sp³-hybridized carbons (Fsp3) is 1.00. The van der Waals surface area contributed by atoms with Gasteiger partial charge in [0.2, 0.25) is 0 Å². The van der Waals surface area contributed by atoms with Gasteiger partial charge < -0.3 is 10.1 Å². The highest BCUT2D eigenvalue weighted by molar-refractivity contribution is 8.02. The molecule has 2 fully saturated rings. The molecule has 2 aliphatic heterocycles. The van der Waals surface area contributed by atoms with E-state index < -0.39 is 0 Å². The summed E-state index contributed by atoms with van der Waals surface area (Å²) in [4.78, 5) is 0. The summed E-state index contributed by atoms with van der Waals surface area (Å²) in [6.45, 7) is 4.25. The standard InChI is InChI=1S/C7H14N2OS2/c1-4-11-7(5-8-1)9-2-3-10-6-12-9/h7-8H,1-6H2. The molecule has 0 aromatic carbocycles. The van der Waals surface area contributed by atoms with Gasteiger partial charge in [-0.1, -0.05) is 0 Å². The van der Waals surface area contributed by atoms with Crippen molar-refractivity contribution in [3.05, 3.63) is 0 Å². The topological polar surface area (TPSA) is 24.5 Å². The number of hydrogen-bond donors (Lipinski definition) is 1. The van der Waals surface area contributed by atoms with Crippen LogP contribution < -0.4 is 5.32 Å². The molecule has 2 saturated heterocycles. The van der Waals surface area contributed by atoms with Crippen molar-refractivity contribution >= 4 is 23.7 Å². The second kappa shape index (κ2) is 4.72. The second-order valence-electron chi connectivity index (χ2n) is 2.83. The minimum absolute atomic E-state index is 0.660. The monoisotopic (exact) mass is 206 g/mol. The van der Waals surface area contributed by atoms with Crippen LogP contribution in [-0.4, -0.2) is 47.6 Å². The third-order valence-electron chi connectivity index (χ3n) is 1.99. The van der Waals surface area contributed by atoms with E-state index in [-0.39, 0.29) is 0 Å². The van der Waals surface area contributed by atoms with Gasteiger partial charge in [-0.15, -0.1) is 11.8 Å². The molecular weight excluding hydrogens is 192 g/mol. The number of nitrogens with zero attached hydrogens (tertiary/aromatic N) is 1. The van der Waals surface area contributed by atoms with E-state index >= 15 is 0 Å². The highest BCUT2D eigenvalue weighted by Crippen LogP contribution is 2.26. The van der Waals surface area contributed by atoms with E-state index in [1.807, 2.05) is 11.9 Å². The van der Waals surface area contributed by atoms with Crippen LogP contribution in [0.4, 0.5) is 0 Å². The molecule has 1 unspecified atom stereocenters. The van der Waals surface area contributed by atoms with E-state index in [4.69, 9.17) is 4.74 Å². The summed E-state index contributed by atoms with van der Waals surface area (Å²) in [6, 6.07) is 0. The van der Waals surface area contributed by atoms with Crippen LogP contribution in [0.2, 0.25) is 0 Å². The Morgan fingerprint density at radius 2 is 2.50 bits per heavy atom. The van der Waals surface area contributed by atoms with Crippen molar-refractivity contribution in [2.24, 2.45) is 0 Å². The Morgan fingerprint density at radius 3 is 3.17 bits per heavy atom. The molecular formula is C7H14N2OS2. The number of hydrogen-bond acceptors (Lipinski definition) is 5. The molecule has 70 valence electrons. The number of ether oxygens (including phenoxy) is 1. The summed E-state index contributed by atoms with van der Waals surface area (Å²) in [5.41, 5.74) is 0. The Hall–Kier alpha value is 0.580. The summed E-state index contributed by atoms with van der Waals surface area (Å²) in [5, 5.41) is 4.08. The Balaban J connectivity index is 1.80. The van der Waals surface area contributed by atoms with Gasteiger partial charge in [0.25, 0.3) is 0 Å². The Labute approximate surface area is 81.7 Å². The molecule has 2 heterocycles. The van der Waals surface area contributed by atoms with E-state index in [1.54, 1.807) is 0 Å². The predicted octanol–water partition coefficient (Wildman–Crippen LogP) is 0.587. The van der Waals surface area contributed by atoms with Crippen LogP contribution in [0, 0.1) is 0 Å². The Bertz CT molecular complexity index is 119. The van der Waals surface area contributed by atoms with Crippen molar-refractivity contribution < 1.29 is 4.74 Å². The van der Waals surface area contributed by atoms with Crippen LogP contribution in [0.25, 0.3) is 0 Å². The fourth-order valence-electron chi connectivity index (χ4n) is 1.35. The predicted molar refractivity (Wildman–Crippen MR) is 54.2 cm³/mol. The Kier molecular flexibility index (Phi) is 3.59. The summed E-state index contributed by atoms with van der Waals surface area (Å²) in [5.74, 6) is 2.07. The molecule has 5 heteroatoms. The van der Waals surface area contributed by atoms with Crippen LogP contribution >= 0.6 is 23.7 Å². The molecule has 0 bridgehead atoms. The van der Waals surface area contributed by atoms with Crippen LogP contribution in [0.15, 0.2) is 0 Å². The van der Waals surface area contributed by atoms with Crippen molar-refractivity contribution in [2.75, 3.05) is 37.9 Å². The van der Waals surface area contributed by atoms with Gasteiger partial charge in [-0.05, 0) is 11.9 Å². The van der Waals surface area contributed by atoms with Gasteiger partial charge in [0, 0.05) is 25.4 Å². The van der Waals surface area contributed by atoms with E-state index in [2.05, 4.69) is 21.4 Å². The lowest BCUT2D eigenvalue weighted by Crippen LogP contribution is -2.44. The molecule has 0 saturated carbocycles. The molecule has 3 nitrogen and oxygen atoms in total. The number of thioether (sulfide) groups is 1. The maximum Gasteiger partial charge on any atom is 0.107 e. The molecule has 0 aromatic heterocycles. The molecule has 0 amide bonds. The van der Waals surface area contributed by atoms with Crippen LogP contribution in [0.1, 0.15) is 0 Å². The molecule has 1 N–H and O–H groups in total. The van der Waals surface area contributed by atoms with E-state index in [9.17, 15) is 0 Å². The minimum atomic E-state index is 0.660. The van der Waals surface area contributed by atoms with E-state index in [1.165, 1.54) is 5.75 Å². The largest absolute Gasteiger partial charge is 0.368 e. The van der Waals surface area contributed by atoms with E-state index in [0.717, 1.165) is 32.2 Å². The molecule has 12 heavy (non-hydrogen) atoms. The first kappa shape index (κ1) is 9.15. The fourth-order valence-corrected chi connectivity index (χ4v) is 3.53. The molecule has 2 aliphatic rings. The van der Waals surface area contributed by atoms with Gasteiger partial charge in [0.15, 0.2) is 0 Å². The lowest BCUT2D eigenvalue weighted by atomic mass is 10.5. The second-order valence-corrected chi connectivity index (χ2v) is 5.07. The molecule has 2 rings (SSSR count). The smallest absolute Gasteiger partial charge is 0.107 e. The average molecular weight is 206 g/mol. The highest BCUT2D eigenvalue weighted by Gasteiger charge is 2.23. The van der Waals surface area contributed by atoms with Crippen molar-refractivity contribution in [3.63, 3.8) is 0 Å². The van der Waals surface area contributed by atoms with Gasteiger partial charge in [-0.3, -0.25) is 0 Å². The van der Waals surface area contributed by atoms with E-state index in [0.29, 0.717) is 5.37 Å². The maximum absolute atomic E-state index is 5.28. The first-order valence-corrected chi connectivity index (χ1v) is 6.25.